The van der Waals surface area contributed by atoms with E-state index >= 15 is 0 Å². The Morgan fingerprint density at radius 1 is 1.33 bits per heavy atom. The molecule has 1 aromatic rings. The first-order chi connectivity index (χ1) is 11.2. The second-order valence-electron chi connectivity index (χ2n) is 7.44. The van der Waals surface area contributed by atoms with Gasteiger partial charge < -0.3 is 11.1 Å². The van der Waals surface area contributed by atoms with Crippen LogP contribution in [-0.2, 0) is 15.6 Å². The van der Waals surface area contributed by atoms with Gasteiger partial charge in [-0.3, -0.25) is 4.79 Å². The smallest absolute Gasteiger partial charge is 0.261 e. The average molecular weight is 371 g/mol. The van der Waals surface area contributed by atoms with E-state index in [0.29, 0.717) is 16.7 Å². The summed E-state index contributed by atoms with van der Waals surface area (Å²) in [4.78, 5) is 14.2. The fourth-order valence-electron chi connectivity index (χ4n) is 4.30. The highest BCUT2D eigenvalue weighted by atomic mass is 32.2. The van der Waals surface area contributed by atoms with Gasteiger partial charge in [0.15, 0.2) is 9.84 Å². The van der Waals surface area contributed by atoms with Crippen molar-refractivity contribution in [2.75, 3.05) is 6.26 Å². The Morgan fingerprint density at radius 2 is 1.96 bits per heavy atom. The van der Waals surface area contributed by atoms with E-state index in [1.54, 1.807) is 6.07 Å². The first kappa shape index (κ1) is 17.9. The fraction of sp³-hybridized carbons (Fsp3) is 0.706. The second kappa shape index (κ2) is 6.77. The molecule has 7 heteroatoms. The van der Waals surface area contributed by atoms with Gasteiger partial charge in [-0.15, -0.1) is 11.3 Å². The molecule has 2 fully saturated rings. The van der Waals surface area contributed by atoms with Crippen molar-refractivity contribution < 1.29 is 13.2 Å². The fourth-order valence-corrected chi connectivity index (χ4v) is 6.21. The van der Waals surface area contributed by atoms with Gasteiger partial charge in [0.1, 0.15) is 0 Å². The van der Waals surface area contributed by atoms with Crippen molar-refractivity contribution in [2.24, 2.45) is 17.6 Å². The third-order valence-corrected chi connectivity index (χ3v) is 7.26. The van der Waals surface area contributed by atoms with Crippen LogP contribution in [0.3, 0.4) is 0 Å². The minimum absolute atomic E-state index is 0.00779. The van der Waals surface area contributed by atoms with Gasteiger partial charge in [0.05, 0.1) is 10.6 Å². The van der Waals surface area contributed by atoms with Gasteiger partial charge in [0.25, 0.3) is 5.91 Å². The van der Waals surface area contributed by atoms with Crippen LogP contribution in [0.1, 0.15) is 52.2 Å². The molecule has 2 bridgehead atoms. The van der Waals surface area contributed by atoms with Crippen molar-refractivity contribution >= 4 is 27.1 Å². The molecule has 3 N–H and O–H groups in total. The van der Waals surface area contributed by atoms with E-state index in [9.17, 15) is 13.2 Å². The van der Waals surface area contributed by atoms with E-state index < -0.39 is 9.84 Å². The van der Waals surface area contributed by atoms with E-state index in [1.807, 2.05) is 6.92 Å². The number of rotatable bonds is 4. The zero-order valence-electron chi connectivity index (χ0n) is 14.2. The molecule has 0 spiro atoms. The number of carbonyl (C=O) groups is 1. The van der Waals surface area contributed by atoms with E-state index in [0.717, 1.165) is 36.1 Å². The lowest BCUT2D eigenvalue weighted by Gasteiger charge is -2.45. The number of hydrogen-bond acceptors (Lipinski definition) is 5. The number of thiophene rings is 1. The standard InChI is InChI=1S/C17H26N2O3S2/c1-10-13(9-24(2,21)22)8-15(23-10)17(20)19-16-11-4-3-5-12(16)7-14(18)6-11/h8,11-12,14,16H,3-7,9,18H2,1-2H3,(H,19,20). The predicted octanol–water partition coefficient (Wildman–Crippen LogP) is 2.24. The molecule has 2 saturated carbocycles. The zero-order valence-corrected chi connectivity index (χ0v) is 15.9. The molecule has 0 radical (unpaired) electrons. The molecular formula is C17H26N2O3S2. The maximum absolute atomic E-state index is 12.7. The maximum Gasteiger partial charge on any atom is 0.261 e. The molecule has 0 saturated heterocycles. The largest absolute Gasteiger partial charge is 0.348 e. The number of nitrogens with two attached hydrogens (primary N) is 1. The number of carbonyl (C=O) groups excluding carboxylic acids is 1. The van der Waals surface area contributed by atoms with Gasteiger partial charge in [-0.05, 0) is 56.1 Å². The Morgan fingerprint density at radius 3 is 2.54 bits per heavy atom. The van der Waals surface area contributed by atoms with Crippen LogP contribution in [-0.4, -0.2) is 32.7 Å². The van der Waals surface area contributed by atoms with Crippen molar-refractivity contribution in [3.8, 4) is 0 Å². The van der Waals surface area contributed by atoms with Gasteiger partial charge in [0.2, 0.25) is 0 Å². The maximum atomic E-state index is 12.7. The molecule has 1 heterocycles. The summed E-state index contributed by atoms with van der Waals surface area (Å²) >= 11 is 1.38. The number of amides is 1. The topological polar surface area (TPSA) is 89.3 Å². The molecule has 0 aromatic carbocycles. The predicted molar refractivity (Wildman–Crippen MR) is 96.9 cm³/mol. The Kier molecular flexibility index (Phi) is 5.04. The Labute approximate surface area is 147 Å². The molecule has 2 aliphatic carbocycles. The Hall–Kier alpha value is -0.920. The molecule has 134 valence electrons. The van der Waals surface area contributed by atoms with Crippen molar-refractivity contribution in [3.63, 3.8) is 0 Å². The van der Waals surface area contributed by atoms with Gasteiger partial charge in [-0.2, -0.15) is 0 Å². The van der Waals surface area contributed by atoms with Gasteiger partial charge in [-0.25, -0.2) is 8.42 Å². The highest BCUT2D eigenvalue weighted by Crippen LogP contribution is 2.40. The lowest BCUT2D eigenvalue weighted by Crippen LogP contribution is -2.53. The molecule has 2 atom stereocenters. The molecular weight excluding hydrogens is 344 g/mol. The van der Waals surface area contributed by atoms with Crippen LogP contribution in [0.2, 0.25) is 0 Å². The average Bonchev–Trinajstić information content (AvgIpc) is 2.79. The first-order valence-electron chi connectivity index (χ1n) is 8.56. The molecule has 24 heavy (non-hydrogen) atoms. The van der Waals surface area contributed by atoms with Gasteiger partial charge in [-0.1, -0.05) is 6.42 Å². The lowest BCUT2D eigenvalue weighted by atomic mass is 9.67. The number of hydrogen-bond donors (Lipinski definition) is 2. The Bertz CT molecular complexity index is 712. The quantitative estimate of drug-likeness (QED) is 0.850. The van der Waals surface area contributed by atoms with E-state index in [1.165, 1.54) is 24.0 Å². The van der Waals surface area contributed by atoms with Crippen LogP contribution < -0.4 is 11.1 Å². The van der Waals surface area contributed by atoms with Gasteiger partial charge >= 0.3 is 0 Å². The van der Waals surface area contributed by atoms with Crippen molar-refractivity contribution in [1.29, 1.82) is 0 Å². The third-order valence-electron chi connectivity index (χ3n) is 5.34. The summed E-state index contributed by atoms with van der Waals surface area (Å²) in [6, 6.07) is 2.21. The van der Waals surface area contributed by atoms with E-state index in [4.69, 9.17) is 5.73 Å². The van der Waals surface area contributed by atoms with Crippen molar-refractivity contribution in [2.45, 2.75) is 56.9 Å². The first-order valence-corrected chi connectivity index (χ1v) is 11.4. The minimum atomic E-state index is -3.10. The van der Waals surface area contributed by atoms with E-state index in [2.05, 4.69) is 5.32 Å². The molecule has 2 aliphatic rings. The number of sulfone groups is 1. The van der Waals surface area contributed by atoms with Crippen LogP contribution in [0.4, 0.5) is 0 Å². The molecule has 5 nitrogen and oxygen atoms in total. The monoisotopic (exact) mass is 370 g/mol. The van der Waals surface area contributed by atoms with E-state index in [-0.39, 0.29) is 23.7 Å². The van der Waals surface area contributed by atoms with Crippen LogP contribution in [0.15, 0.2) is 6.07 Å². The molecule has 1 amide bonds. The summed E-state index contributed by atoms with van der Waals surface area (Å²) in [6.45, 7) is 1.87. The SMILES string of the molecule is Cc1sc(C(=O)NC2C3CCCC2CC(N)C3)cc1CS(C)(=O)=O. The molecule has 0 aliphatic heterocycles. The zero-order chi connectivity index (χ0) is 17.5. The normalized spacial score (nSPS) is 30.1. The van der Waals surface area contributed by atoms with Crippen LogP contribution in [0.5, 0.6) is 0 Å². The molecule has 2 unspecified atom stereocenters. The number of nitrogens with one attached hydrogen (secondary N) is 1. The Balaban J connectivity index is 1.72. The van der Waals surface area contributed by atoms with Crippen molar-refractivity contribution in [1.82, 2.24) is 5.32 Å². The minimum Gasteiger partial charge on any atom is -0.348 e. The van der Waals surface area contributed by atoms with Crippen LogP contribution in [0, 0.1) is 18.8 Å². The van der Waals surface area contributed by atoms with Crippen LogP contribution >= 0.6 is 11.3 Å². The van der Waals surface area contributed by atoms with Crippen LogP contribution in [0.25, 0.3) is 0 Å². The number of aryl methyl sites for hydroxylation is 1. The lowest BCUT2D eigenvalue weighted by molar-refractivity contribution is 0.0759. The summed E-state index contributed by atoms with van der Waals surface area (Å²) in [7, 11) is -3.10. The highest BCUT2D eigenvalue weighted by Gasteiger charge is 2.40. The van der Waals surface area contributed by atoms with Crippen molar-refractivity contribution in [3.05, 3.63) is 21.4 Å². The highest BCUT2D eigenvalue weighted by molar-refractivity contribution is 7.89. The summed E-state index contributed by atoms with van der Waals surface area (Å²) in [5, 5.41) is 3.23. The molecule has 1 aromatic heterocycles. The molecule has 3 rings (SSSR count). The number of fused-ring (bicyclic) bond motifs is 2. The summed E-state index contributed by atoms with van der Waals surface area (Å²) in [5.41, 5.74) is 6.88. The third kappa shape index (κ3) is 4.00. The second-order valence-corrected chi connectivity index (χ2v) is 10.8. The summed E-state index contributed by atoms with van der Waals surface area (Å²) in [6.07, 6.45) is 6.70. The summed E-state index contributed by atoms with van der Waals surface area (Å²) < 4.78 is 23.0. The summed E-state index contributed by atoms with van der Waals surface area (Å²) in [5.74, 6) is 0.882. The van der Waals surface area contributed by atoms with Gasteiger partial charge in [0, 0.05) is 23.2 Å².